The van der Waals surface area contributed by atoms with Crippen molar-refractivity contribution in [2.24, 2.45) is 0 Å². The van der Waals surface area contributed by atoms with Gasteiger partial charge in [-0.05, 0) is 49.4 Å². The minimum atomic E-state index is -0.268. The normalized spacial score (nSPS) is 10.2. The molecule has 1 amide bonds. The number of hydrogen-bond donors (Lipinski definition) is 2. The van der Waals surface area contributed by atoms with Crippen molar-refractivity contribution < 1.29 is 19.0 Å². The first-order valence-electron chi connectivity index (χ1n) is 9.13. The zero-order valence-electron chi connectivity index (χ0n) is 16.6. The summed E-state index contributed by atoms with van der Waals surface area (Å²) in [4.78, 5) is 16.9. The molecule has 3 rings (SSSR count). The van der Waals surface area contributed by atoms with Gasteiger partial charge in [-0.1, -0.05) is 12.1 Å². The quantitative estimate of drug-likeness (QED) is 0.587. The maximum atomic E-state index is 12.5. The number of nitrogens with one attached hydrogen (secondary N) is 2. The van der Waals surface area contributed by atoms with Crippen LogP contribution in [0.25, 0.3) is 0 Å². The Hall–Kier alpha value is -3.74. The molecule has 1 heterocycles. The molecule has 0 unspecified atom stereocenters. The van der Waals surface area contributed by atoms with E-state index in [9.17, 15) is 4.79 Å². The van der Waals surface area contributed by atoms with E-state index in [1.54, 1.807) is 43.6 Å². The minimum absolute atomic E-state index is 0.268. The summed E-state index contributed by atoms with van der Waals surface area (Å²) in [7, 11) is 3.07. The number of hydrogen-bond acceptors (Lipinski definition) is 6. The third-order valence-electron chi connectivity index (χ3n) is 4.12. The second-order valence-electron chi connectivity index (χ2n) is 6.01. The van der Waals surface area contributed by atoms with Crippen LogP contribution in [-0.2, 0) is 0 Å². The van der Waals surface area contributed by atoms with Crippen molar-refractivity contribution in [1.82, 2.24) is 4.98 Å². The number of benzene rings is 2. The van der Waals surface area contributed by atoms with Crippen molar-refractivity contribution in [3.8, 4) is 17.2 Å². The Morgan fingerprint density at radius 2 is 1.76 bits per heavy atom. The van der Waals surface area contributed by atoms with Crippen molar-refractivity contribution in [3.63, 3.8) is 0 Å². The van der Waals surface area contributed by atoms with Gasteiger partial charge in [0.05, 0.1) is 38.4 Å². The van der Waals surface area contributed by atoms with E-state index in [2.05, 4.69) is 15.6 Å². The Morgan fingerprint density at radius 3 is 2.45 bits per heavy atom. The first-order valence-corrected chi connectivity index (χ1v) is 9.13. The lowest BCUT2D eigenvalue weighted by Crippen LogP contribution is -2.12. The van der Waals surface area contributed by atoms with Crippen LogP contribution in [0.4, 0.5) is 17.2 Å². The molecule has 0 atom stereocenters. The number of rotatable bonds is 8. The number of amides is 1. The standard InChI is InChI=1S/C22H23N3O4/c1-4-29-18-8-6-5-7-17(18)25-21-12-10-16(14-23-21)24-22(26)15-9-11-19(27-2)20(13-15)28-3/h5-14H,4H2,1-3H3,(H,23,25)(H,24,26). The number of anilines is 3. The van der Waals surface area contributed by atoms with Crippen LogP contribution in [0, 0.1) is 0 Å². The highest BCUT2D eigenvalue weighted by atomic mass is 16.5. The number of nitrogens with zero attached hydrogens (tertiary/aromatic N) is 1. The monoisotopic (exact) mass is 393 g/mol. The number of pyridine rings is 1. The number of methoxy groups -OCH3 is 2. The zero-order chi connectivity index (χ0) is 20.6. The molecule has 0 aliphatic carbocycles. The molecular formula is C22H23N3O4. The van der Waals surface area contributed by atoms with Crippen molar-refractivity contribution >= 4 is 23.1 Å². The van der Waals surface area contributed by atoms with E-state index in [-0.39, 0.29) is 5.91 Å². The molecule has 0 fully saturated rings. The molecule has 0 bridgehead atoms. The molecule has 0 saturated carbocycles. The Bertz CT molecular complexity index is 974. The number of para-hydroxylation sites is 2. The van der Waals surface area contributed by atoms with E-state index in [1.165, 1.54) is 7.11 Å². The summed E-state index contributed by atoms with van der Waals surface area (Å²) in [6.07, 6.45) is 1.59. The number of aromatic nitrogens is 1. The highest BCUT2D eigenvalue weighted by molar-refractivity contribution is 6.04. The summed E-state index contributed by atoms with van der Waals surface area (Å²) in [6.45, 7) is 2.51. The molecule has 0 spiro atoms. The van der Waals surface area contributed by atoms with Crippen molar-refractivity contribution in [2.45, 2.75) is 6.92 Å². The first kappa shape index (κ1) is 20.0. The number of carbonyl (C=O) groups is 1. The molecule has 1 aromatic heterocycles. The van der Waals surface area contributed by atoms with Gasteiger partial charge in [0.15, 0.2) is 11.5 Å². The molecule has 0 saturated heterocycles. The lowest BCUT2D eigenvalue weighted by Gasteiger charge is -2.12. The second-order valence-corrected chi connectivity index (χ2v) is 6.01. The van der Waals surface area contributed by atoms with Gasteiger partial charge < -0.3 is 24.8 Å². The third-order valence-corrected chi connectivity index (χ3v) is 4.12. The van der Waals surface area contributed by atoms with Gasteiger partial charge in [-0.15, -0.1) is 0 Å². The smallest absolute Gasteiger partial charge is 0.255 e. The first-order chi connectivity index (χ1) is 14.1. The van der Waals surface area contributed by atoms with Gasteiger partial charge in [0.1, 0.15) is 11.6 Å². The molecule has 7 nitrogen and oxygen atoms in total. The van der Waals surface area contributed by atoms with E-state index in [0.29, 0.717) is 35.2 Å². The lowest BCUT2D eigenvalue weighted by molar-refractivity contribution is 0.102. The summed E-state index contributed by atoms with van der Waals surface area (Å²) in [6, 6.07) is 16.2. The molecule has 0 aliphatic rings. The van der Waals surface area contributed by atoms with Crippen LogP contribution in [0.3, 0.4) is 0 Å². The largest absolute Gasteiger partial charge is 0.493 e. The maximum absolute atomic E-state index is 12.5. The SMILES string of the molecule is CCOc1ccccc1Nc1ccc(NC(=O)c2ccc(OC)c(OC)c2)cn1. The minimum Gasteiger partial charge on any atom is -0.493 e. The Morgan fingerprint density at radius 1 is 0.966 bits per heavy atom. The molecular weight excluding hydrogens is 370 g/mol. The van der Waals surface area contributed by atoms with Crippen LogP contribution >= 0.6 is 0 Å². The molecule has 150 valence electrons. The molecule has 2 N–H and O–H groups in total. The average molecular weight is 393 g/mol. The van der Waals surface area contributed by atoms with Crippen molar-refractivity contribution in [1.29, 1.82) is 0 Å². The topological polar surface area (TPSA) is 81.7 Å². The van der Waals surface area contributed by atoms with Gasteiger partial charge in [-0.2, -0.15) is 0 Å². The predicted octanol–water partition coefficient (Wildman–Crippen LogP) is 4.49. The van der Waals surface area contributed by atoms with E-state index < -0.39 is 0 Å². The van der Waals surface area contributed by atoms with Crippen LogP contribution in [-0.4, -0.2) is 31.7 Å². The average Bonchev–Trinajstić information content (AvgIpc) is 2.76. The zero-order valence-corrected chi connectivity index (χ0v) is 16.6. The fraction of sp³-hybridized carbons (Fsp3) is 0.182. The fourth-order valence-corrected chi connectivity index (χ4v) is 2.71. The summed E-state index contributed by atoms with van der Waals surface area (Å²) >= 11 is 0. The van der Waals surface area contributed by atoms with E-state index >= 15 is 0 Å². The predicted molar refractivity (Wildman–Crippen MR) is 113 cm³/mol. The summed E-state index contributed by atoms with van der Waals surface area (Å²) < 4.78 is 16.0. The fourth-order valence-electron chi connectivity index (χ4n) is 2.71. The second kappa shape index (κ2) is 9.45. The van der Waals surface area contributed by atoms with Crippen molar-refractivity contribution in [2.75, 3.05) is 31.5 Å². The van der Waals surface area contributed by atoms with Crippen molar-refractivity contribution in [3.05, 3.63) is 66.4 Å². The molecule has 3 aromatic rings. The van der Waals surface area contributed by atoms with Crippen LogP contribution in [0.2, 0.25) is 0 Å². The Balaban J connectivity index is 1.69. The maximum Gasteiger partial charge on any atom is 0.255 e. The van der Waals surface area contributed by atoms with Gasteiger partial charge in [0.2, 0.25) is 0 Å². The Kier molecular flexibility index (Phi) is 6.52. The van der Waals surface area contributed by atoms with Crippen LogP contribution in [0.5, 0.6) is 17.2 Å². The number of ether oxygens (including phenoxy) is 3. The third kappa shape index (κ3) is 4.95. The lowest BCUT2D eigenvalue weighted by atomic mass is 10.2. The van der Waals surface area contributed by atoms with E-state index in [4.69, 9.17) is 14.2 Å². The van der Waals surface area contributed by atoms with Gasteiger partial charge in [-0.3, -0.25) is 4.79 Å². The van der Waals surface area contributed by atoms with Crippen LogP contribution in [0.15, 0.2) is 60.8 Å². The van der Waals surface area contributed by atoms with Gasteiger partial charge in [-0.25, -0.2) is 4.98 Å². The summed E-state index contributed by atoms with van der Waals surface area (Å²) in [5.74, 6) is 2.18. The number of carbonyl (C=O) groups excluding carboxylic acids is 1. The molecule has 0 aliphatic heterocycles. The molecule has 7 heteroatoms. The van der Waals surface area contributed by atoms with Crippen LogP contribution in [0.1, 0.15) is 17.3 Å². The van der Waals surface area contributed by atoms with Crippen LogP contribution < -0.4 is 24.8 Å². The van der Waals surface area contributed by atoms with E-state index in [0.717, 1.165) is 11.4 Å². The molecule has 2 aromatic carbocycles. The molecule has 0 radical (unpaired) electrons. The highest BCUT2D eigenvalue weighted by Gasteiger charge is 2.11. The summed E-state index contributed by atoms with van der Waals surface area (Å²) in [5, 5.41) is 6.04. The molecule has 29 heavy (non-hydrogen) atoms. The Labute approximate surface area is 169 Å². The van der Waals surface area contributed by atoms with Gasteiger partial charge in [0.25, 0.3) is 5.91 Å². The van der Waals surface area contributed by atoms with Gasteiger partial charge >= 0.3 is 0 Å². The highest BCUT2D eigenvalue weighted by Crippen LogP contribution is 2.29. The summed E-state index contributed by atoms with van der Waals surface area (Å²) in [5.41, 5.74) is 1.85. The van der Waals surface area contributed by atoms with E-state index in [1.807, 2.05) is 31.2 Å². The van der Waals surface area contributed by atoms with Gasteiger partial charge in [0, 0.05) is 5.56 Å².